The lowest BCUT2D eigenvalue weighted by Crippen LogP contribution is -2.24. The van der Waals surface area contributed by atoms with Crippen LogP contribution in [0.2, 0.25) is 0 Å². The number of hydrogen-bond donors (Lipinski definition) is 1. The quantitative estimate of drug-likeness (QED) is 0.567. The van der Waals surface area contributed by atoms with Crippen LogP contribution in [0.15, 0.2) is 42.0 Å². The second-order valence-electron chi connectivity index (χ2n) is 4.57. The number of ketones is 1. The highest BCUT2D eigenvalue weighted by Crippen LogP contribution is 2.38. The van der Waals surface area contributed by atoms with Crippen molar-refractivity contribution in [1.82, 2.24) is 5.32 Å². The summed E-state index contributed by atoms with van der Waals surface area (Å²) in [4.78, 5) is 36.0. The summed E-state index contributed by atoms with van der Waals surface area (Å²) in [5, 5.41) is 3.83. The van der Waals surface area contributed by atoms with Crippen LogP contribution in [0.5, 0.6) is 0 Å². The van der Waals surface area contributed by atoms with Crippen molar-refractivity contribution in [2.24, 2.45) is 0 Å². The molecule has 0 saturated heterocycles. The van der Waals surface area contributed by atoms with Gasteiger partial charge in [0.15, 0.2) is 5.78 Å². The minimum atomic E-state index is -0.600. The maximum absolute atomic E-state index is 12.4. The Morgan fingerprint density at radius 3 is 2.11 bits per heavy atom. The van der Waals surface area contributed by atoms with E-state index in [2.05, 4.69) is 5.32 Å². The molecule has 0 bridgehead atoms. The lowest BCUT2D eigenvalue weighted by atomic mass is 9.84. The van der Waals surface area contributed by atoms with Gasteiger partial charge < -0.3 is 0 Å². The molecule has 0 unspecified atom stereocenters. The molecule has 19 heavy (non-hydrogen) atoms. The Balaban J connectivity index is 2.24. The molecule has 90 valence electrons. The molecular weight excluding hydrogens is 242 g/mol. The number of fused-ring (bicyclic) bond motifs is 1. The Bertz CT molecular complexity index is 840. The summed E-state index contributed by atoms with van der Waals surface area (Å²) in [6, 6.07) is 10.8. The molecular formula is C15H7NO3. The van der Waals surface area contributed by atoms with Crippen LogP contribution >= 0.6 is 0 Å². The molecule has 2 amide bonds. The van der Waals surface area contributed by atoms with Crippen LogP contribution in [0.4, 0.5) is 0 Å². The van der Waals surface area contributed by atoms with Gasteiger partial charge in [0.05, 0.1) is 5.57 Å². The number of hydrogen-bond acceptors (Lipinski definition) is 3. The molecule has 2 aromatic rings. The highest BCUT2D eigenvalue weighted by Gasteiger charge is 2.40. The van der Waals surface area contributed by atoms with E-state index in [0.29, 0.717) is 11.1 Å². The lowest BCUT2D eigenvalue weighted by Gasteiger charge is -2.16. The predicted molar refractivity (Wildman–Crippen MR) is 68.3 cm³/mol. The van der Waals surface area contributed by atoms with Gasteiger partial charge in [-0.15, -0.1) is 0 Å². The molecule has 0 atom stereocenters. The van der Waals surface area contributed by atoms with Gasteiger partial charge in [-0.25, -0.2) is 0 Å². The second kappa shape index (κ2) is 3.17. The molecule has 2 aliphatic rings. The summed E-state index contributed by atoms with van der Waals surface area (Å²) < 4.78 is 0. The van der Waals surface area contributed by atoms with Crippen molar-refractivity contribution in [2.75, 3.05) is 0 Å². The van der Waals surface area contributed by atoms with Crippen LogP contribution in [0.1, 0.15) is 15.9 Å². The highest BCUT2D eigenvalue weighted by atomic mass is 16.2. The molecule has 0 radical (unpaired) electrons. The first-order valence-corrected chi connectivity index (χ1v) is 5.85. The van der Waals surface area contributed by atoms with Crippen molar-refractivity contribution < 1.29 is 14.4 Å². The predicted octanol–water partition coefficient (Wildman–Crippen LogP) is 1.45. The molecule has 1 aliphatic carbocycles. The lowest BCUT2D eigenvalue weighted by molar-refractivity contribution is -0.123. The van der Waals surface area contributed by atoms with E-state index in [0.717, 1.165) is 10.8 Å². The molecule has 1 heterocycles. The van der Waals surface area contributed by atoms with Gasteiger partial charge >= 0.3 is 0 Å². The fourth-order valence-corrected chi connectivity index (χ4v) is 2.80. The molecule has 4 heteroatoms. The zero-order valence-electron chi connectivity index (χ0n) is 9.69. The number of amides is 2. The number of benzene rings is 2. The van der Waals surface area contributed by atoms with Gasteiger partial charge in [0, 0.05) is 10.9 Å². The summed E-state index contributed by atoms with van der Waals surface area (Å²) >= 11 is 0. The highest BCUT2D eigenvalue weighted by molar-refractivity contribution is 6.50. The molecule has 4 rings (SSSR count). The first-order valence-electron chi connectivity index (χ1n) is 5.85. The van der Waals surface area contributed by atoms with E-state index in [1.54, 1.807) is 18.2 Å². The molecule has 2 aromatic carbocycles. The summed E-state index contributed by atoms with van der Waals surface area (Å²) in [6.07, 6.45) is 0. The Labute approximate surface area is 107 Å². The average Bonchev–Trinajstić information content (AvgIpc) is 2.71. The number of nitrogens with one attached hydrogen (secondary N) is 1. The minimum absolute atomic E-state index is 0.0313. The molecule has 0 aromatic heterocycles. The van der Waals surface area contributed by atoms with Crippen LogP contribution < -0.4 is 5.32 Å². The van der Waals surface area contributed by atoms with Gasteiger partial charge in [-0.3, -0.25) is 19.7 Å². The second-order valence-corrected chi connectivity index (χ2v) is 4.57. The third-order valence-corrected chi connectivity index (χ3v) is 3.58. The first-order chi connectivity index (χ1) is 9.18. The van der Waals surface area contributed by atoms with Crippen LogP contribution in [0, 0.1) is 0 Å². The van der Waals surface area contributed by atoms with Crippen molar-refractivity contribution in [2.45, 2.75) is 0 Å². The minimum Gasteiger partial charge on any atom is -0.288 e. The topological polar surface area (TPSA) is 63.2 Å². The van der Waals surface area contributed by atoms with E-state index in [9.17, 15) is 14.4 Å². The fraction of sp³-hybridized carbons (Fsp3) is 0. The van der Waals surface area contributed by atoms with Crippen molar-refractivity contribution in [3.63, 3.8) is 0 Å². The molecule has 1 N–H and O–H groups in total. The van der Waals surface area contributed by atoms with Crippen LogP contribution in [-0.4, -0.2) is 17.6 Å². The smallest absolute Gasteiger partial charge is 0.262 e. The van der Waals surface area contributed by atoms with E-state index in [-0.39, 0.29) is 16.9 Å². The van der Waals surface area contributed by atoms with E-state index >= 15 is 0 Å². The summed E-state index contributed by atoms with van der Waals surface area (Å²) in [7, 11) is 0. The van der Waals surface area contributed by atoms with Gasteiger partial charge in [-0.05, 0) is 10.9 Å². The summed E-state index contributed by atoms with van der Waals surface area (Å²) in [6.45, 7) is 0. The number of rotatable bonds is 0. The Hall–Kier alpha value is -2.75. The third kappa shape index (κ3) is 1.10. The van der Waals surface area contributed by atoms with E-state index in [1.807, 2.05) is 18.2 Å². The summed E-state index contributed by atoms with van der Waals surface area (Å²) in [5.74, 6) is -1.46. The van der Waals surface area contributed by atoms with E-state index in [1.165, 1.54) is 0 Å². The van der Waals surface area contributed by atoms with Crippen LogP contribution in [0.3, 0.4) is 0 Å². The van der Waals surface area contributed by atoms with Crippen molar-refractivity contribution in [3.8, 4) is 0 Å². The van der Waals surface area contributed by atoms with Gasteiger partial charge in [0.2, 0.25) is 0 Å². The average molecular weight is 249 g/mol. The van der Waals surface area contributed by atoms with Crippen LogP contribution in [-0.2, 0) is 9.59 Å². The zero-order valence-corrected chi connectivity index (χ0v) is 9.69. The SMILES string of the molecule is O=C1NC(=O)C2=C1C(=O)c1cccc3cccc2c13. The maximum atomic E-state index is 12.4. The molecule has 0 fully saturated rings. The van der Waals surface area contributed by atoms with Gasteiger partial charge in [-0.1, -0.05) is 36.4 Å². The fourth-order valence-electron chi connectivity index (χ4n) is 2.80. The van der Waals surface area contributed by atoms with Gasteiger partial charge in [0.25, 0.3) is 11.8 Å². The maximum Gasteiger partial charge on any atom is 0.262 e. The zero-order chi connectivity index (χ0) is 13.1. The number of carbonyl (C=O) groups excluding carboxylic acids is 3. The molecule has 0 spiro atoms. The van der Waals surface area contributed by atoms with Crippen molar-refractivity contribution >= 4 is 33.9 Å². The van der Waals surface area contributed by atoms with Gasteiger partial charge in [-0.2, -0.15) is 0 Å². The van der Waals surface area contributed by atoms with Crippen LogP contribution in [0.25, 0.3) is 16.3 Å². The molecule has 4 nitrogen and oxygen atoms in total. The Morgan fingerprint density at radius 2 is 1.37 bits per heavy atom. The molecule has 1 aliphatic heterocycles. The van der Waals surface area contributed by atoms with Gasteiger partial charge in [0.1, 0.15) is 5.57 Å². The van der Waals surface area contributed by atoms with Crippen molar-refractivity contribution in [1.29, 1.82) is 0 Å². The normalized spacial score (nSPS) is 16.9. The third-order valence-electron chi connectivity index (χ3n) is 3.58. The van der Waals surface area contributed by atoms with E-state index in [4.69, 9.17) is 0 Å². The monoisotopic (exact) mass is 249 g/mol. The standard InChI is InChI=1S/C15H7NO3/c17-13-9-6-2-4-7-3-1-5-8(10(7)9)11-12(13)15(19)16-14(11)18/h1-6H,(H,16,18,19). The Kier molecular flexibility index (Phi) is 1.70. The number of Topliss-reactive ketones (excluding diaryl/α,β-unsaturated/α-hetero) is 1. The summed E-state index contributed by atoms with van der Waals surface area (Å²) in [5.41, 5.74) is 1.32. The first kappa shape index (κ1) is 10.2. The largest absolute Gasteiger partial charge is 0.288 e. The van der Waals surface area contributed by atoms with Crippen molar-refractivity contribution in [3.05, 3.63) is 53.1 Å². The van der Waals surface area contributed by atoms with E-state index < -0.39 is 11.8 Å². The Morgan fingerprint density at radius 1 is 0.737 bits per heavy atom. The molecule has 0 saturated carbocycles. The number of carbonyl (C=O) groups is 3. The number of imide groups is 1.